The number of rotatable bonds is 7. The Morgan fingerprint density at radius 3 is 2.32 bits per heavy atom. The summed E-state index contributed by atoms with van der Waals surface area (Å²) in [6.07, 6.45) is 0. The zero-order valence-electron chi connectivity index (χ0n) is 14.7. The van der Waals surface area contributed by atoms with Gasteiger partial charge in [-0.15, -0.1) is 0 Å². The van der Waals surface area contributed by atoms with Gasteiger partial charge in [-0.25, -0.2) is 4.79 Å². The Labute approximate surface area is 153 Å². The fraction of sp³-hybridized carbons (Fsp3) is 0.316. The van der Waals surface area contributed by atoms with Crippen LogP contribution in [0.2, 0.25) is 5.02 Å². The van der Waals surface area contributed by atoms with Crippen molar-refractivity contribution >= 4 is 23.3 Å². The van der Waals surface area contributed by atoms with E-state index in [9.17, 15) is 4.79 Å². The van der Waals surface area contributed by atoms with Crippen molar-refractivity contribution in [3.63, 3.8) is 0 Å². The van der Waals surface area contributed by atoms with Crippen LogP contribution in [0.1, 0.15) is 18.1 Å². The molecule has 0 aliphatic rings. The Balaban J connectivity index is 1.75. The highest BCUT2D eigenvalue weighted by atomic mass is 35.5. The maximum Gasteiger partial charge on any atom is 0.319 e. The molecule has 6 heteroatoms. The minimum Gasteiger partial charge on any atom is -0.494 e. The summed E-state index contributed by atoms with van der Waals surface area (Å²) in [5, 5.41) is 6.04. The molecule has 0 saturated carbocycles. The van der Waals surface area contributed by atoms with Gasteiger partial charge in [-0.2, -0.15) is 0 Å². The van der Waals surface area contributed by atoms with Gasteiger partial charge in [0.2, 0.25) is 0 Å². The number of carbonyl (C=O) groups is 1. The molecule has 0 radical (unpaired) electrons. The van der Waals surface area contributed by atoms with Crippen LogP contribution in [0.5, 0.6) is 11.5 Å². The van der Waals surface area contributed by atoms with Crippen molar-refractivity contribution in [1.29, 1.82) is 0 Å². The maximum absolute atomic E-state index is 12.0. The molecule has 0 bridgehead atoms. The third-order valence-corrected chi connectivity index (χ3v) is 3.76. The Hall–Kier alpha value is -2.40. The Morgan fingerprint density at radius 1 is 1.08 bits per heavy atom. The molecule has 5 nitrogen and oxygen atoms in total. The predicted octanol–water partition coefficient (Wildman–Crippen LogP) is 4.56. The molecule has 0 fully saturated rings. The van der Waals surface area contributed by atoms with Crippen LogP contribution in [0.25, 0.3) is 0 Å². The average molecular weight is 363 g/mol. The van der Waals surface area contributed by atoms with Crippen LogP contribution >= 0.6 is 11.6 Å². The lowest BCUT2D eigenvalue weighted by atomic mass is 10.1. The Bertz CT molecular complexity index is 694. The van der Waals surface area contributed by atoms with Gasteiger partial charge in [0.1, 0.15) is 18.1 Å². The van der Waals surface area contributed by atoms with Crippen molar-refractivity contribution < 1.29 is 14.3 Å². The Morgan fingerprint density at radius 2 is 1.72 bits per heavy atom. The molecule has 0 aliphatic heterocycles. The second kappa shape index (κ2) is 9.18. The van der Waals surface area contributed by atoms with Gasteiger partial charge in [-0.3, -0.25) is 0 Å². The number of hydrogen-bond donors (Lipinski definition) is 2. The van der Waals surface area contributed by atoms with Crippen LogP contribution < -0.4 is 20.1 Å². The van der Waals surface area contributed by atoms with E-state index in [-0.39, 0.29) is 6.03 Å². The highest BCUT2D eigenvalue weighted by molar-refractivity contribution is 6.34. The SMILES string of the molecule is CCOc1ccc(OCCNC(=O)Nc2c(C)cc(C)cc2Cl)cc1. The summed E-state index contributed by atoms with van der Waals surface area (Å²) in [6.45, 7) is 7.17. The molecule has 0 spiro atoms. The summed E-state index contributed by atoms with van der Waals surface area (Å²) in [5.41, 5.74) is 2.60. The summed E-state index contributed by atoms with van der Waals surface area (Å²) < 4.78 is 10.9. The van der Waals surface area contributed by atoms with E-state index < -0.39 is 0 Å². The minimum atomic E-state index is -0.316. The first-order valence-electron chi connectivity index (χ1n) is 8.17. The van der Waals surface area contributed by atoms with Crippen molar-refractivity contribution in [3.05, 3.63) is 52.5 Å². The molecule has 0 unspecified atom stereocenters. The molecule has 0 atom stereocenters. The maximum atomic E-state index is 12.0. The number of amides is 2. The van der Waals surface area contributed by atoms with Gasteiger partial charge >= 0.3 is 6.03 Å². The molecule has 0 aliphatic carbocycles. The molecule has 2 aromatic rings. The molecule has 2 N–H and O–H groups in total. The standard InChI is InChI=1S/C19H23ClN2O3/c1-4-24-15-5-7-16(8-6-15)25-10-9-21-19(23)22-18-14(3)11-13(2)12-17(18)20/h5-8,11-12H,4,9-10H2,1-3H3,(H2,21,22,23). The van der Waals surface area contributed by atoms with Gasteiger partial charge in [-0.1, -0.05) is 17.7 Å². The van der Waals surface area contributed by atoms with Crippen LogP contribution in [0.4, 0.5) is 10.5 Å². The zero-order valence-corrected chi connectivity index (χ0v) is 15.4. The van der Waals surface area contributed by atoms with Gasteiger partial charge in [0, 0.05) is 0 Å². The molecule has 25 heavy (non-hydrogen) atoms. The average Bonchev–Trinajstić information content (AvgIpc) is 2.56. The van der Waals surface area contributed by atoms with Gasteiger partial charge in [-0.05, 0) is 62.2 Å². The second-order valence-corrected chi connectivity index (χ2v) is 5.98. The molecular formula is C19H23ClN2O3. The lowest BCUT2D eigenvalue weighted by Gasteiger charge is -2.13. The molecule has 0 saturated heterocycles. The van der Waals surface area contributed by atoms with E-state index in [0.29, 0.717) is 30.5 Å². The largest absolute Gasteiger partial charge is 0.494 e. The molecule has 134 valence electrons. The number of anilines is 1. The number of aryl methyl sites for hydroxylation is 2. The number of carbonyl (C=O) groups excluding carboxylic acids is 1. The van der Waals surface area contributed by atoms with Crippen LogP contribution in [0, 0.1) is 13.8 Å². The van der Waals surface area contributed by atoms with E-state index in [2.05, 4.69) is 10.6 Å². The summed E-state index contributed by atoms with van der Waals surface area (Å²) in [4.78, 5) is 12.0. The number of urea groups is 1. The minimum absolute atomic E-state index is 0.316. The van der Waals surface area contributed by atoms with Crippen LogP contribution in [-0.4, -0.2) is 25.8 Å². The monoisotopic (exact) mass is 362 g/mol. The van der Waals surface area contributed by atoms with E-state index in [1.165, 1.54) is 0 Å². The normalized spacial score (nSPS) is 10.2. The fourth-order valence-electron chi connectivity index (χ4n) is 2.36. The number of halogens is 1. The quantitative estimate of drug-likeness (QED) is 0.710. The number of nitrogens with one attached hydrogen (secondary N) is 2. The molecule has 2 rings (SSSR count). The first kappa shape index (κ1) is 18.9. The van der Waals surface area contributed by atoms with Gasteiger partial charge in [0.05, 0.1) is 23.9 Å². The van der Waals surface area contributed by atoms with Crippen molar-refractivity contribution in [1.82, 2.24) is 5.32 Å². The van der Waals surface area contributed by atoms with E-state index in [0.717, 1.165) is 22.6 Å². The summed E-state index contributed by atoms with van der Waals surface area (Å²) in [5.74, 6) is 1.53. The van der Waals surface area contributed by atoms with E-state index in [1.807, 2.05) is 57.2 Å². The first-order chi connectivity index (χ1) is 12.0. The van der Waals surface area contributed by atoms with Crippen molar-refractivity contribution in [2.45, 2.75) is 20.8 Å². The van der Waals surface area contributed by atoms with Crippen molar-refractivity contribution in [2.24, 2.45) is 0 Å². The molecule has 2 aromatic carbocycles. The highest BCUT2D eigenvalue weighted by Gasteiger charge is 2.09. The lowest BCUT2D eigenvalue weighted by molar-refractivity contribution is 0.247. The van der Waals surface area contributed by atoms with Crippen molar-refractivity contribution in [3.8, 4) is 11.5 Å². The third kappa shape index (κ3) is 5.87. The number of hydrogen-bond acceptors (Lipinski definition) is 3. The first-order valence-corrected chi connectivity index (χ1v) is 8.54. The molecule has 0 aromatic heterocycles. The molecular weight excluding hydrogens is 340 g/mol. The van der Waals surface area contributed by atoms with Crippen molar-refractivity contribution in [2.75, 3.05) is 25.1 Å². The van der Waals surface area contributed by atoms with Crippen LogP contribution in [-0.2, 0) is 0 Å². The van der Waals surface area contributed by atoms with Crippen LogP contribution in [0.3, 0.4) is 0 Å². The molecule has 2 amide bonds. The highest BCUT2D eigenvalue weighted by Crippen LogP contribution is 2.27. The topological polar surface area (TPSA) is 59.6 Å². The van der Waals surface area contributed by atoms with E-state index >= 15 is 0 Å². The number of ether oxygens (including phenoxy) is 2. The zero-order chi connectivity index (χ0) is 18.2. The lowest BCUT2D eigenvalue weighted by Crippen LogP contribution is -2.32. The Kier molecular flexibility index (Phi) is 6.95. The van der Waals surface area contributed by atoms with E-state index in [1.54, 1.807) is 0 Å². The van der Waals surface area contributed by atoms with Gasteiger partial charge in [0.15, 0.2) is 0 Å². The summed E-state index contributed by atoms with van der Waals surface area (Å²) in [7, 11) is 0. The summed E-state index contributed by atoms with van der Waals surface area (Å²) in [6, 6.07) is 10.8. The summed E-state index contributed by atoms with van der Waals surface area (Å²) >= 11 is 6.18. The van der Waals surface area contributed by atoms with Crippen LogP contribution in [0.15, 0.2) is 36.4 Å². The van der Waals surface area contributed by atoms with Gasteiger partial charge in [0.25, 0.3) is 0 Å². The third-order valence-electron chi connectivity index (χ3n) is 3.46. The number of benzene rings is 2. The van der Waals surface area contributed by atoms with E-state index in [4.69, 9.17) is 21.1 Å². The second-order valence-electron chi connectivity index (χ2n) is 5.57. The fourth-order valence-corrected chi connectivity index (χ4v) is 2.73. The predicted molar refractivity (Wildman–Crippen MR) is 101 cm³/mol. The molecule has 0 heterocycles. The smallest absolute Gasteiger partial charge is 0.319 e. The van der Waals surface area contributed by atoms with Gasteiger partial charge < -0.3 is 20.1 Å².